The van der Waals surface area contributed by atoms with Gasteiger partial charge in [0.15, 0.2) is 0 Å². The minimum atomic E-state index is -0.229. The maximum atomic E-state index is 11.7. The normalized spacial score (nSPS) is 11.5. The van der Waals surface area contributed by atoms with Gasteiger partial charge >= 0.3 is 0 Å². The summed E-state index contributed by atoms with van der Waals surface area (Å²) in [6, 6.07) is 5.43. The maximum Gasteiger partial charge on any atom is 0.255 e. The highest BCUT2D eigenvalue weighted by atomic mass is 35.5. The average Bonchev–Trinajstić information content (AvgIpc) is 2.41. The topological polar surface area (TPSA) is 96.2 Å². The second-order valence-corrected chi connectivity index (χ2v) is 5.04. The van der Waals surface area contributed by atoms with Gasteiger partial charge < -0.3 is 11.1 Å². The molecule has 6 nitrogen and oxygen atoms in total. The first-order chi connectivity index (χ1) is 9.88. The van der Waals surface area contributed by atoms with Gasteiger partial charge in [0, 0.05) is 22.0 Å². The predicted molar refractivity (Wildman–Crippen MR) is 85.4 cm³/mol. The summed E-state index contributed by atoms with van der Waals surface area (Å²) in [5, 5.41) is 3.56. The quantitative estimate of drug-likeness (QED) is 0.586. The molecule has 0 saturated heterocycles. The first-order valence-electron chi connectivity index (χ1n) is 6.32. The molecule has 7 heteroatoms. The van der Waals surface area contributed by atoms with Crippen LogP contribution in [0.4, 0.5) is 11.6 Å². The number of hydrogen-bond donors (Lipinski definition) is 3. The van der Waals surface area contributed by atoms with E-state index in [1.165, 1.54) is 0 Å². The zero-order valence-corrected chi connectivity index (χ0v) is 12.7. The largest absolute Gasteiger partial charge is 0.369 e. The summed E-state index contributed by atoms with van der Waals surface area (Å²) in [5.74, 6) is 0.277. The molecule has 0 bridgehead atoms. The average molecular weight is 306 g/mol. The van der Waals surface area contributed by atoms with E-state index in [9.17, 15) is 4.79 Å². The minimum Gasteiger partial charge on any atom is -0.369 e. The molecule has 0 saturated carbocycles. The summed E-state index contributed by atoms with van der Waals surface area (Å²) < 4.78 is 0. The van der Waals surface area contributed by atoms with E-state index in [-0.39, 0.29) is 17.5 Å². The van der Waals surface area contributed by atoms with Crippen molar-refractivity contribution in [3.05, 3.63) is 50.4 Å². The smallest absolute Gasteiger partial charge is 0.255 e. The molecule has 2 rings (SSSR count). The molecule has 4 N–H and O–H groups in total. The summed E-state index contributed by atoms with van der Waals surface area (Å²) in [6.07, 6.45) is 0. The Morgan fingerprint density at radius 1 is 1.33 bits per heavy atom. The van der Waals surface area contributed by atoms with Crippen LogP contribution in [-0.2, 0) is 0 Å². The predicted octanol–water partition coefficient (Wildman–Crippen LogP) is 2.41. The Labute approximate surface area is 127 Å². The summed E-state index contributed by atoms with van der Waals surface area (Å²) >= 11 is 6.04. The molecule has 21 heavy (non-hydrogen) atoms. The molecule has 1 aromatic carbocycles. The number of rotatable bonds is 2. The van der Waals surface area contributed by atoms with Crippen LogP contribution in [0.5, 0.6) is 0 Å². The lowest BCUT2D eigenvalue weighted by Crippen LogP contribution is -2.23. The van der Waals surface area contributed by atoms with Gasteiger partial charge in [-0.3, -0.25) is 9.78 Å². The van der Waals surface area contributed by atoms with Crippen molar-refractivity contribution in [3.8, 4) is 0 Å². The van der Waals surface area contributed by atoms with Gasteiger partial charge in [-0.2, -0.15) is 4.99 Å². The minimum absolute atomic E-state index is 0.117. The van der Waals surface area contributed by atoms with E-state index in [1.807, 2.05) is 13.0 Å². The van der Waals surface area contributed by atoms with Crippen molar-refractivity contribution >= 4 is 29.2 Å². The number of aromatic nitrogens is 2. The molecule has 110 valence electrons. The van der Waals surface area contributed by atoms with E-state index in [2.05, 4.69) is 20.3 Å². The van der Waals surface area contributed by atoms with Crippen molar-refractivity contribution in [1.29, 1.82) is 0 Å². The molecule has 0 aliphatic rings. The molecule has 0 unspecified atom stereocenters. The van der Waals surface area contributed by atoms with Crippen LogP contribution in [0.3, 0.4) is 0 Å². The molecule has 0 radical (unpaired) electrons. The van der Waals surface area contributed by atoms with Crippen LogP contribution < -0.4 is 16.6 Å². The molecule has 0 aliphatic carbocycles. The zero-order valence-electron chi connectivity index (χ0n) is 12.0. The van der Waals surface area contributed by atoms with Crippen LogP contribution in [0.25, 0.3) is 0 Å². The first kappa shape index (κ1) is 15.1. The molecular formula is C14H16ClN5O. The highest BCUT2D eigenvalue weighted by Crippen LogP contribution is 2.22. The monoisotopic (exact) mass is 305 g/mol. The number of aryl methyl sites for hydroxylation is 1. The lowest BCUT2D eigenvalue weighted by molar-refractivity contribution is 1.01. The summed E-state index contributed by atoms with van der Waals surface area (Å²) in [4.78, 5) is 22.4. The van der Waals surface area contributed by atoms with E-state index in [0.717, 1.165) is 11.3 Å². The highest BCUT2D eigenvalue weighted by Gasteiger charge is 2.05. The van der Waals surface area contributed by atoms with Crippen LogP contribution in [-0.4, -0.2) is 15.9 Å². The van der Waals surface area contributed by atoms with Gasteiger partial charge in [-0.15, -0.1) is 0 Å². The Balaban J connectivity index is 2.30. The number of anilines is 1. The van der Waals surface area contributed by atoms with Gasteiger partial charge in [0.25, 0.3) is 5.56 Å². The Hall–Kier alpha value is -2.34. The number of aliphatic imine (C=N–C) groups is 1. The van der Waals surface area contributed by atoms with Crippen LogP contribution in [0.1, 0.15) is 16.8 Å². The van der Waals surface area contributed by atoms with E-state index in [0.29, 0.717) is 16.3 Å². The van der Waals surface area contributed by atoms with Gasteiger partial charge in [0.2, 0.25) is 11.9 Å². The zero-order chi connectivity index (χ0) is 15.6. The fourth-order valence-corrected chi connectivity index (χ4v) is 1.88. The number of halogens is 1. The van der Waals surface area contributed by atoms with Crippen LogP contribution in [0.15, 0.2) is 28.0 Å². The molecule has 0 spiro atoms. The molecule has 1 aromatic heterocycles. The fraction of sp³-hybridized carbons (Fsp3) is 0.214. The van der Waals surface area contributed by atoms with E-state index < -0.39 is 0 Å². The molecule has 1 heterocycles. The number of benzene rings is 1. The lowest BCUT2D eigenvalue weighted by Gasteiger charge is -2.09. The standard InChI is InChI=1S/C14H16ClN5O/c1-7-9(3)17-14(19-12(7)21)20-13(16)18-11-6-4-5-10(15)8(11)2/h4-6H,1-3H3,(H4,16,17,18,19,20,21). The third-order valence-corrected chi connectivity index (χ3v) is 3.55. The van der Waals surface area contributed by atoms with E-state index in [1.54, 1.807) is 26.0 Å². The molecule has 0 atom stereocenters. The van der Waals surface area contributed by atoms with Gasteiger partial charge in [-0.05, 0) is 38.5 Å². The first-order valence-corrected chi connectivity index (χ1v) is 6.70. The fourth-order valence-electron chi connectivity index (χ4n) is 1.71. The molecule has 0 aliphatic heterocycles. The molecule has 0 amide bonds. The number of nitrogens with two attached hydrogens (primary N) is 1. The second kappa shape index (κ2) is 5.97. The van der Waals surface area contributed by atoms with Gasteiger partial charge in [0.05, 0.1) is 0 Å². The Bertz CT molecular complexity index is 766. The van der Waals surface area contributed by atoms with Crippen molar-refractivity contribution in [2.24, 2.45) is 10.7 Å². The SMILES string of the molecule is Cc1nc(/N=C(\N)Nc2cccc(Cl)c2C)[nH]c(=O)c1C. The third-order valence-electron chi connectivity index (χ3n) is 3.14. The number of nitrogens with zero attached hydrogens (tertiary/aromatic N) is 2. The summed E-state index contributed by atoms with van der Waals surface area (Å²) in [5.41, 5.74) is 8.38. The van der Waals surface area contributed by atoms with Crippen LogP contribution >= 0.6 is 11.6 Å². The maximum absolute atomic E-state index is 11.7. The number of nitrogens with one attached hydrogen (secondary N) is 2. The lowest BCUT2D eigenvalue weighted by atomic mass is 10.2. The van der Waals surface area contributed by atoms with Crippen LogP contribution in [0, 0.1) is 20.8 Å². The second-order valence-electron chi connectivity index (χ2n) is 4.63. The molecular weight excluding hydrogens is 290 g/mol. The Morgan fingerprint density at radius 3 is 2.71 bits per heavy atom. The molecule has 0 fully saturated rings. The number of aromatic amines is 1. The third kappa shape index (κ3) is 3.41. The van der Waals surface area contributed by atoms with E-state index >= 15 is 0 Å². The summed E-state index contributed by atoms with van der Waals surface area (Å²) in [6.45, 7) is 5.31. The number of H-pyrrole nitrogens is 1. The van der Waals surface area contributed by atoms with Crippen molar-refractivity contribution in [2.45, 2.75) is 20.8 Å². The van der Waals surface area contributed by atoms with Crippen LogP contribution in [0.2, 0.25) is 5.02 Å². The van der Waals surface area contributed by atoms with Crippen molar-refractivity contribution < 1.29 is 0 Å². The number of guanidine groups is 1. The van der Waals surface area contributed by atoms with Gasteiger partial charge in [-0.1, -0.05) is 17.7 Å². The van der Waals surface area contributed by atoms with Crippen molar-refractivity contribution in [2.75, 3.05) is 5.32 Å². The van der Waals surface area contributed by atoms with E-state index in [4.69, 9.17) is 17.3 Å². The van der Waals surface area contributed by atoms with Gasteiger partial charge in [0.1, 0.15) is 0 Å². The number of hydrogen-bond acceptors (Lipinski definition) is 3. The molecule has 2 aromatic rings. The Kier molecular flexibility index (Phi) is 4.28. The highest BCUT2D eigenvalue weighted by molar-refractivity contribution is 6.31. The van der Waals surface area contributed by atoms with Gasteiger partial charge in [-0.25, -0.2) is 4.98 Å². The summed E-state index contributed by atoms with van der Waals surface area (Å²) in [7, 11) is 0. The Morgan fingerprint density at radius 2 is 2.05 bits per heavy atom. The van der Waals surface area contributed by atoms with Crippen molar-refractivity contribution in [3.63, 3.8) is 0 Å². The van der Waals surface area contributed by atoms with Crippen molar-refractivity contribution in [1.82, 2.24) is 9.97 Å².